The molecule has 3 aliphatic rings. The van der Waals surface area contributed by atoms with Gasteiger partial charge in [0.2, 0.25) is 0 Å². The smallest absolute Gasteiger partial charge is 0.294 e. The maximum Gasteiger partial charge on any atom is 0.294 e. The van der Waals surface area contributed by atoms with Gasteiger partial charge in [-0.1, -0.05) is 19.8 Å². The molecule has 3 fully saturated rings. The molecule has 24 heavy (non-hydrogen) atoms. The van der Waals surface area contributed by atoms with Crippen LogP contribution < -0.4 is 0 Å². The molecule has 3 rings (SSSR count). The Morgan fingerprint density at radius 3 is 2.08 bits per heavy atom. The lowest BCUT2D eigenvalue weighted by Crippen LogP contribution is -2.46. The number of hydrogen-bond donors (Lipinski definition) is 0. The second-order valence-electron chi connectivity index (χ2n) is 9.10. The van der Waals surface area contributed by atoms with Crippen molar-refractivity contribution < 1.29 is 8.78 Å². The molecule has 0 bridgehead atoms. The zero-order valence-electron chi connectivity index (χ0n) is 15.7. The van der Waals surface area contributed by atoms with E-state index in [1.54, 1.807) is 7.05 Å². The Labute approximate surface area is 147 Å². The van der Waals surface area contributed by atoms with Crippen molar-refractivity contribution in [1.82, 2.24) is 9.80 Å². The summed E-state index contributed by atoms with van der Waals surface area (Å²) in [6.45, 7) is 3.87. The summed E-state index contributed by atoms with van der Waals surface area (Å²) in [5.41, 5.74) is 0.469. The molecule has 1 saturated heterocycles. The van der Waals surface area contributed by atoms with E-state index < -0.39 is 6.55 Å². The Hall–Kier alpha value is -0.220. The lowest BCUT2D eigenvalue weighted by Gasteiger charge is -2.48. The summed E-state index contributed by atoms with van der Waals surface area (Å²) in [6, 6.07) is 0.0953. The molecule has 0 amide bonds. The monoisotopic (exact) mass is 342 g/mol. The summed E-state index contributed by atoms with van der Waals surface area (Å²) in [7, 11) is 1.58. The molecule has 1 aliphatic heterocycles. The SMILES string of the molecule is CC1CCC(CN2CCC3(CCC(N(C)C(F)F)CC3)CC2)CC1. The molecule has 0 radical (unpaired) electrons. The second kappa shape index (κ2) is 7.99. The molecule has 0 atom stereocenters. The first-order chi connectivity index (χ1) is 11.5. The predicted octanol–water partition coefficient (Wildman–Crippen LogP) is 4.99. The van der Waals surface area contributed by atoms with Crippen molar-refractivity contribution in [1.29, 1.82) is 0 Å². The molecule has 4 heteroatoms. The van der Waals surface area contributed by atoms with Crippen molar-refractivity contribution in [3.63, 3.8) is 0 Å². The zero-order chi connectivity index (χ0) is 17.2. The van der Waals surface area contributed by atoms with Crippen molar-refractivity contribution in [3.05, 3.63) is 0 Å². The molecule has 140 valence electrons. The van der Waals surface area contributed by atoms with E-state index >= 15 is 0 Å². The number of rotatable bonds is 4. The van der Waals surface area contributed by atoms with Crippen molar-refractivity contribution in [2.24, 2.45) is 17.3 Å². The van der Waals surface area contributed by atoms with Crippen molar-refractivity contribution >= 4 is 0 Å². The van der Waals surface area contributed by atoms with Crippen LogP contribution in [0, 0.1) is 17.3 Å². The quantitative estimate of drug-likeness (QED) is 0.664. The van der Waals surface area contributed by atoms with Gasteiger partial charge in [-0.05, 0) is 88.8 Å². The van der Waals surface area contributed by atoms with Crippen LogP contribution >= 0.6 is 0 Å². The van der Waals surface area contributed by atoms with E-state index in [1.807, 2.05) is 0 Å². The molecule has 2 nitrogen and oxygen atoms in total. The summed E-state index contributed by atoms with van der Waals surface area (Å²) in [6.07, 6.45) is 12.5. The first-order valence-corrected chi connectivity index (χ1v) is 10.2. The van der Waals surface area contributed by atoms with E-state index in [2.05, 4.69) is 11.8 Å². The summed E-state index contributed by atoms with van der Waals surface area (Å²) in [4.78, 5) is 3.98. The van der Waals surface area contributed by atoms with Crippen LogP contribution in [0.25, 0.3) is 0 Å². The van der Waals surface area contributed by atoms with Crippen LogP contribution in [0.1, 0.15) is 71.1 Å². The molecule has 0 N–H and O–H groups in total. The van der Waals surface area contributed by atoms with Gasteiger partial charge in [0.15, 0.2) is 0 Å². The highest BCUT2D eigenvalue weighted by molar-refractivity contribution is 4.92. The molecule has 2 aliphatic carbocycles. The van der Waals surface area contributed by atoms with E-state index in [-0.39, 0.29) is 6.04 Å². The van der Waals surface area contributed by atoms with Crippen LogP contribution in [0.2, 0.25) is 0 Å². The van der Waals surface area contributed by atoms with Gasteiger partial charge in [0.05, 0.1) is 0 Å². The van der Waals surface area contributed by atoms with Gasteiger partial charge < -0.3 is 4.90 Å². The number of hydrogen-bond acceptors (Lipinski definition) is 2. The van der Waals surface area contributed by atoms with E-state index in [9.17, 15) is 8.78 Å². The topological polar surface area (TPSA) is 6.48 Å². The van der Waals surface area contributed by atoms with Gasteiger partial charge >= 0.3 is 0 Å². The minimum absolute atomic E-state index is 0.0953. The molecule has 0 aromatic heterocycles. The highest BCUT2D eigenvalue weighted by atomic mass is 19.3. The van der Waals surface area contributed by atoms with Crippen molar-refractivity contribution in [2.75, 3.05) is 26.7 Å². The van der Waals surface area contributed by atoms with Crippen LogP contribution in [0.5, 0.6) is 0 Å². The third kappa shape index (κ3) is 4.49. The number of nitrogens with zero attached hydrogens (tertiary/aromatic N) is 2. The third-order valence-electron chi connectivity index (χ3n) is 7.47. The Morgan fingerprint density at radius 1 is 0.958 bits per heavy atom. The average molecular weight is 343 g/mol. The fourth-order valence-corrected chi connectivity index (χ4v) is 5.37. The van der Waals surface area contributed by atoms with Crippen LogP contribution in [0.4, 0.5) is 8.78 Å². The van der Waals surface area contributed by atoms with Gasteiger partial charge in [0.1, 0.15) is 0 Å². The van der Waals surface area contributed by atoms with E-state index in [4.69, 9.17) is 0 Å². The number of piperidine rings is 1. The zero-order valence-corrected chi connectivity index (χ0v) is 15.7. The Balaban J connectivity index is 1.41. The minimum atomic E-state index is -2.30. The standard InChI is InChI=1S/C20H36F2N2/c1-16-3-5-17(6-4-16)15-24-13-11-20(12-14-24)9-7-18(8-10-20)23(2)19(21)22/h16-19H,3-15H2,1-2H3. The maximum absolute atomic E-state index is 12.9. The highest BCUT2D eigenvalue weighted by Gasteiger charge is 2.40. The molecular formula is C20H36F2N2. The van der Waals surface area contributed by atoms with Gasteiger partial charge in [-0.3, -0.25) is 0 Å². The second-order valence-corrected chi connectivity index (χ2v) is 9.10. The minimum Gasteiger partial charge on any atom is -0.303 e. The lowest BCUT2D eigenvalue weighted by atomic mass is 9.66. The van der Waals surface area contributed by atoms with Crippen LogP contribution in [-0.2, 0) is 0 Å². The normalized spacial score (nSPS) is 32.8. The van der Waals surface area contributed by atoms with E-state index in [0.29, 0.717) is 5.41 Å². The summed E-state index contributed by atoms with van der Waals surface area (Å²) in [5, 5.41) is 0. The molecule has 0 aromatic carbocycles. The average Bonchev–Trinajstić information content (AvgIpc) is 2.59. The van der Waals surface area contributed by atoms with Crippen LogP contribution in [0.3, 0.4) is 0 Å². The number of alkyl halides is 2. The van der Waals surface area contributed by atoms with Gasteiger partial charge in [-0.2, -0.15) is 8.78 Å². The van der Waals surface area contributed by atoms with Crippen LogP contribution in [-0.4, -0.2) is 49.1 Å². The largest absolute Gasteiger partial charge is 0.303 e. The molecule has 0 unspecified atom stereocenters. The van der Waals surface area contributed by atoms with Gasteiger partial charge in [0, 0.05) is 12.6 Å². The Bertz CT molecular complexity index is 375. The van der Waals surface area contributed by atoms with Crippen molar-refractivity contribution in [2.45, 2.75) is 83.7 Å². The summed E-state index contributed by atoms with van der Waals surface area (Å²) >= 11 is 0. The van der Waals surface area contributed by atoms with Gasteiger partial charge in [0.25, 0.3) is 6.55 Å². The molecule has 1 spiro atoms. The first kappa shape index (κ1) is 18.6. The predicted molar refractivity (Wildman–Crippen MR) is 95.3 cm³/mol. The van der Waals surface area contributed by atoms with E-state index in [1.165, 1.54) is 63.1 Å². The first-order valence-electron chi connectivity index (χ1n) is 10.2. The molecule has 2 saturated carbocycles. The number of likely N-dealkylation sites (tertiary alicyclic amines) is 1. The Kier molecular flexibility index (Phi) is 6.18. The number of halogens is 2. The summed E-state index contributed by atoms with van der Waals surface area (Å²) in [5.74, 6) is 1.86. The van der Waals surface area contributed by atoms with Gasteiger partial charge in [-0.25, -0.2) is 4.90 Å². The Morgan fingerprint density at radius 2 is 1.54 bits per heavy atom. The fraction of sp³-hybridized carbons (Fsp3) is 1.00. The molecular weight excluding hydrogens is 306 g/mol. The maximum atomic E-state index is 12.9. The molecule has 0 aromatic rings. The molecule has 1 heterocycles. The fourth-order valence-electron chi connectivity index (χ4n) is 5.37. The highest BCUT2D eigenvalue weighted by Crippen LogP contribution is 2.46. The summed E-state index contributed by atoms with van der Waals surface area (Å²) < 4.78 is 25.7. The van der Waals surface area contributed by atoms with Crippen LogP contribution in [0.15, 0.2) is 0 Å². The van der Waals surface area contributed by atoms with Gasteiger partial charge in [-0.15, -0.1) is 0 Å². The lowest BCUT2D eigenvalue weighted by molar-refractivity contribution is -0.0598. The van der Waals surface area contributed by atoms with Crippen molar-refractivity contribution in [3.8, 4) is 0 Å². The third-order valence-corrected chi connectivity index (χ3v) is 7.47. The van der Waals surface area contributed by atoms with E-state index in [0.717, 1.165) is 37.5 Å².